The number of nitrogens with one attached hydrogen (secondary N) is 1. The van der Waals surface area contributed by atoms with Crippen molar-refractivity contribution in [2.45, 2.75) is 45.8 Å². The molecule has 1 aromatic heterocycles. The van der Waals surface area contributed by atoms with Crippen LogP contribution >= 0.6 is 0 Å². The molecule has 3 rings (SSSR count). The van der Waals surface area contributed by atoms with Gasteiger partial charge in [0.1, 0.15) is 5.60 Å². The molecule has 1 saturated heterocycles. The zero-order valence-electron chi connectivity index (χ0n) is 15.1. The summed E-state index contributed by atoms with van der Waals surface area (Å²) in [4.78, 5) is 14.0. The van der Waals surface area contributed by atoms with Crippen molar-refractivity contribution in [3.05, 3.63) is 29.8 Å². The topological polar surface area (TPSA) is 85.2 Å². The number of hydrogen-bond acceptors (Lipinski definition) is 6. The number of rotatable bonds is 3. The average Bonchev–Trinajstić information content (AvgIpc) is 3.14. The van der Waals surface area contributed by atoms with Gasteiger partial charge in [-0.2, -0.15) is 4.68 Å². The molecule has 134 valence electrons. The van der Waals surface area contributed by atoms with Crippen molar-refractivity contribution in [1.29, 1.82) is 0 Å². The first-order chi connectivity index (χ1) is 11.8. The van der Waals surface area contributed by atoms with Crippen molar-refractivity contribution in [2.75, 3.05) is 18.0 Å². The number of carbonyl (C=O) groups is 1. The molecule has 1 aliphatic heterocycles. The van der Waals surface area contributed by atoms with Crippen molar-refractivity contribution >= 4 is 12.0 Å². The van der Waals surface area contributed by atoms with Crippen molar-refractivity contribution in [3.63, 3.8) is 0 Å². The van der Waals surface area contributed by atoms with E-state index in [1.165, 1.54) is 5.56 Å². The molecule has 1 amide bonds. The van der Waals surface area contributed by atoms with Gasteiger partial charge in [-0.15, -0.1) is 0 Å². The van der Waals surface area contributed by atoms with Crippen molar-refractivity contribution < 1.29 is 9.53 Å². The summed E-state index contributed by atoms with van der Waals surface area (Å²) < 4.78 is 7.03. The van der Waals surface area contributed by atoms with Crippen LogP contribution < -0.4 is 10.2 Å². The molecule has 8 heteroatoms. The fourth-order valence-corrected chi connectivity index (χ4v) is 2.77. The number of alkyl carbamates (subject to hydrolysis) is 1. The van der Waals surface area contributed by atoms with Gasteiger partial charge in [0, 0.05) is 13.1 Å². The van der Waals surface area contributed by atoms with E-state index in [4.69, 9.17) is 4.74 Å². The number of aryl methyl sites for hydroxylation is 1. The van der Waals surface area contributed by atoms with E-state index in [0.717, 1.165) is 18.7 Å². The van der Waals surface area contributed by atoms with Crippen LogP contribution in [-0.2, 0) is 4.74 Å². The van der Waals surface area contributed by atoms with Gasteiger partial charge in [0.15, 0.2) is 0 Å². The molecule has 0 unspecified atom stereocenters. The SMILES string of the molecule is Cc1ccc(-n2nnnc2N2CC[C@@H](NC(=O)OC(C)(C)C)C2)cc1. The lowest BCUT2D eigenvalue weighted by Crippen LogP contribution is -2.40. The third kappa shape index (κ3) is 4.26. The van der Waals surface area contributed by atoms with Crippen LogP contribution in [-0.4, -0.2) is 51.0 Å². The summed E-state index contributed by atoms with van der Waals surface area (Å²) in [5.41, 5.74) is 1.59. The van der Waals surface area contributed by atoms with Crippen LogP contribution in [0.5, 0.6) is 0 Å². The number of anilines is 1. The van der Waals surface area contributed by atoms with Crippen LogP contribution in [0.1, 0.15) is 32.8 Å². The first-order valence-electron chi connectivity index (χ1n) is 8.42. The van der Waals surface area contributed by atoms with Gasteiger partial charge in [-0.25, -0.2) is 4.79 Å². The second-order valence-corrected chi connectivity index (χ2v) is 7.30. The molecule has 0 aliphatic carbocycles. The Morgan fingerprint density at radius 1 is 1.28 bits per heavy atom. The summed E-state index contributed by atoms with van der Waals surface area (Å²) in [6, 6.07) is 8.04. The summed E-state index contributed by atoms with van der Waals surface area (Å²) in [6.45, 7) is 9.01. The minimum atomic E-state index is -0.502. The minimum absolute atomic E-state index is 0.0121. The van der Waals surface area contributed by atoms with Crippen LogP contribution in [0.25, 0.3) is 5.69 Å². The number of carbonyl (C=O) groups excluding carboxylic acids is 1. The molecule has 2 aromatic rings. The van der Waals surface area contributed by atoms with Crippen molar-refractivity contribution in [3.8, 4) is 5.69 Å². The molecule has 25 heavy (non-hydrogen) atoms. The molecular weight excluding hydrogens is 320 g/mol. The fourth-order valence-electron chi connectivity index (χ4n) is 2.77. The van der Waals surface area contributed by atoms with Gasteiger partial charge in [0.2, 0.25) is 5.95 Å². The molecule has 1 fully saturated rings. The van der Waals surface area contributed by atoms with Gasteiger partial charge in [-0.05, 0) is 56.7 Å². The smallest absolute Gasteiger partial charge is 0.407 e. The highest BCUT2D eigenvalue weighted by molar-refractivity contribution is 5.68. The standard InChI is InChI=1S/C17H24N6O2/c1-12-5-7-14(8-6-12)23-15(19-20-21-23)22-10-9-13(11-22)18-16(24)25-17(2,3)4/h5-8,13H,9-11H2,1-4H3,(H,18,24)/t13-/m1/s1. The Balaban J connectivity index is 1.66. The fraction of sp³-hybridized carbons (Fsp3) is 0.529. The number of tetrazole rings is 1. The zero-order chi connectivity index (χ0) is 18.0. The van der Waals surface area contributed by atoms with E-state index in [9.17, 15) is 4.79 Å². The lowest BCUT2D eigenvalue weighted by atomic mass is 10.2. The Kier molecular flexibility index (Phi) is 4.61. The molecule has 2 heterocycles. The van der Waals surface area contributed by atoms with Gasteiger partial charge >= 0.3 is 6.09 Å². The summed E-state index contributed by atoms with van der Waals surface area (Å²) >= 11 is 0. The Hall–Kier alpha value is -2.64. The molecule has 0 radical (unpaired) electrons. The van der Waals surface area contributed by atoms with Gasteiger partial charge in [0.05, 0.1) is 11.7 Å². The number of benzene rings is 1. The van der Waals surface area contributed by atoms with E-state index >= 15 is 0 Å². The van der Waals surface area contributed by atoms with E-state index in [-0.39, 0.29) is 6.04 Å². The Bertz CT molecular complexity index is 734. The Morgan fingerprint density at radius 3 is 2.68 bits per heavy atom. The molecule has 8 nitrogen and oxygen atoms in total. The first kappa shape index (κ1) is 17.2. The van der Waals surface area contributed by atoms with Crippen molar-refractivity contribution in [1.82, 2.24) is 25.5 Å². The third-order valence-corrected chi connectivity index (χ3v) is 3.92. The van der Waals surface area contributed by atoms with Gasteiger partial charge in [-0.3, -0.25) is 0 Å². The van der Waals surface area contributed by atoms with Gasteiger partial charge < -0.3 is 15.0 Å². The van der Waals surface area contributed by atoms with Crippen molar-refractivity contribution in [2.24, 2.45) is 0 Å². The molecule has 0 bridgehead atoms. The van der Waals surface area contributed by atoms with Gasteiger partial charge in [0.25, 0.3) is 0 Å². The highest BCUT2D eigenvalue weighted by atomic mass is 16.6. The lowest BCUT2D eigenvalue weighted by Gasteiger charge is -2.22. The van der Waals surface area contributed by atoms with E-state index in [0.29, 0.717) is 12.5 Å². The zero-order valence-corrected chi connectivity index (χ0v) is 15.1. The molecule has 1 aliphatic rings. The summed E-state index contributed by atoms with van der Waals surface area (Å²) in [7, 11) is 0. The maximum absolute atomic E-state index is 11.9. The quantitative estimate of drug-likeness (QED) is 0.917. The Labute approximate surface area is 147 Å². The van der Waals surface area contributed by atoms with Gasteiger partial charge in [-0.1, -0.05) is 22.8 Å². The maximum Gasteiger partial charge on any atom is 0.407 e. The third-order valence-electron chi connectivity index (χ3n) is 3.92. The van der Waals surface area contributed by atoms with Crippen LogP contribution in [0.4, 0.5) is 10.7 Å². The normalized spacial score (nSPS) is 17.6. The summed E-state index contributed by atoms with van der Waals surface area (Å²) in [6.07, 6.45) is 0.428. The maximum atomic E-state index is 11.9. The Morgan fingerprint density at radius 2 is 2.00 bits per heavy atom. The van der Waals surface area contributed by atoms with Crippen LogP contribution in [0.15, 0.2) is 24.3 Å². The average molecular weight is 344 g/mol. The van der Waals surface area contributed by atoms with Crippen LogP contribution in [0.3, 0.4) is 0 Å². The molecular formula is C17H24N6O2. The predicted molar refractivity (Wildman–Crippen MR) is 93.9 cm³/mol. The van der Waals surface area contributed by atoms with Crippen LogP contribution in [0, 0.1) is 6.92 Å². The summed E-state index contributed by atoms with van der Waals surface area (Å²) in [5, 5.41) is 15.0. The number of amides is 1. The highest BCUT2D eigenvalue weighted by Gasteiger charge is 2.29. The molecule has 1 aromatic carbocycles. The number of aromatic nitrogens is 4. The van der Waals surface area contributed by atoms with E-state index < -0.39 is 11.7 Å². The molecule has 1 atom stereocenters. The highest BCUT2D eigenvalue weighted by Crippen LogP contribution is 2.21. The molecule has 0 saturated carbocycles. The number of hydrogen-bond donors (Lipinski definition) is 1. The second kappa shape index (κ2) is 6.70. The van der Waals surface area contributed by atoms with Crippen LogP contribution in [0.2, 0.25) is 0 Å². The number of ether oxygens (including phenoxy) is 1. The largest absolute Gasteiger partial charge is 0.444 e. The monoisotopic (exact) mass is 344 g/mol. The minimum Gasteiger partial charge on any atom is -0.444 e. The van der Waals surface area contributed by atoms with E-state index in [1.807, 2.05) is 52.0 Å². The lowest BCUT2D eigenvalue weighted by molar-refractivity contribution is 0.0509. The summed E-state index contributed by atoms with van der Waals surface area (Å²) in [5.74, 6) is 0.678. The molecule has 1 N–H and O–H groups in total. The van der Waals surface area contributed by atoms with E-state index in [1.54, 1.807) is 4.68 Å². The molecule has 0 spiro atoms. The predicted octanol–water partition coefficient (Wildman–Crippen LogP) is 2.07. The van der Waals surface area contributed by atoms with E-state index in [2.05, 4.69) is 25.7 Å². The number of nitrogens with zero attached hydrogens (tertiary/aromatic N) is 5. The first-order valence-corrected chi connectivity index (χ1v) is 8.42. The second-order valence-electron chi connectivity index (χ2n) is 7.30.